The van der Waals surface area contributed by atoms with Crippen LogP contribution in [0.5, 0.6) is 23.0 Å². The Balaban J connectivity index is 1.50. The highest BCUT2D eigenvalue weighted by Gasteiger charge is 2.31. The molecule has 4 rings (SSSR count). The summed E-state index contributed by atoms with van der Waals surface area (Å²) in [5.41, 5.74) is 2.76. The van der Waals surface area contributed by atoms with E-state index < -0.39 is 11.2 Å². The molecule has 0 bridgehead atoms. The van der Waals surface area contributed by atoms with Crippen molar-refractivity contribution >= 4 is 40.5 Å². The summed E-state index contributed by atoms with van der Waals surface area (Å²) < 4.78 is 22.1. The number of hydrogen-bond acceptors (Lipinski definition) is 8. The SMILES string of the molecule is CCCOC(=O)/C(=C/c1ccc(OC)c(OC)c1)c1ccc(Oc2ccc(CC3SC(=O)NC3=O)cc2)cc1. The molecule has 39 heavy (non-hydrogen) atoms. The zero-order chi connectivity index (χ0) is 27.8. The molecular weight excluding hydrogens is 518 g/mol. The van der Waals surface area contributed by atoms with Gasteiger partial charge < -0.3 is 18.9 Å². The van der Waals surface area contributed by atoms with Crippen molar-refractivity contribution in [1.82, 2.24) is 5.32 Å². The highest BCUT2D eigenvalue weighted by atomic mass is 32.2. The molecule has 1 heterocycles. The summed E-state index contributed by atoms with van der Waals surface area (Å²) in [6.45, 7) is 2.26. The van der Waals surface area contributed by atoms with Crippen molar-refractivity contribution in [3.05, 3.63) is 83.4 Å². The molecule has 2 amide bonds. The first-order chi connectivity index (χ1) is 18.9. The molecule has 1 fully saturated rings. The highest BCUT2D eigenvalue weighted by molar-refractivity contribution is 8.15. The fourth-order valence-corrected chi connectivity index (χ4v) is 4.78. The largest absolute Gasteiger partial charge is 0.493 e. The van der Waals surface area contributed by atoms with Crippen LogP contribution in [0.3, 0.4) is 0 Å². The van der Waals surface area contributed by atoms with Crippen LogP contribution >= 0.6 is 11.8 Å². The normalized spacial score (nSPS) is 15.1. The summed E-state index contributed by atoms with van der Waals surface area (Å²) in [6, 6.07) is 19.9. The van der Waals surface area contributed by atoms with Gasteiger partial charge in [0.1, 0.15) is 11.5 Å². The first-order valence-corrected chi connectivity index (χ1v) is 13.3. The third-order valence-corrected chi connectivity index (χ3v) is 6.87. The predicted octanol–water partition coefficient (Wildman–Crippen LogP) is 5.88. The zero-order valence-corrected chi connectivity index (χ0v) is 22.7. The summed E-state index contributed by atoms with van der Waals surface area (Å²) in [7, 11) is 3.13. The van der Waals surface area contributed by atoms with Crippen LogP contribution in [0.2, 0.25) is 0 Å². The van der Waals surface area contributed by atoms with E-state index in [0.29, 0.717) is 53.6 Å². The van der Waals surface area contributed by atoms with Crippen molar-refractivity contribution in [2.24, 2.45) is 0 Å². The van der Waals surface area contributed by atoms with Crippen molar-refractivity contribution in [2.45, 2.75) is 25.0 Å². The van der Waals surface area contributed by atoms with Crippen molar-refractivity contribution in [3.8, 4) is 23.0 Å². The van der Waals surface area contributed by atoms with Gasteiger partial charge >= 0.3 is 5.97 Å². The van der Waals surface area contributed by atoms with Gasteiger partial charge in [-0.15, -0.1) is 0 Å². The molecule has 9 heteroatoms. The average molecular weight is 548 g/mol. The fraction of sp³-hybridized carbons (Fsp3) is 0.233. The standard InChI is InChI=1S/C30H29NO7S/c1-4-15-37-29(33)24(16-20-7-14-25(35-2)26(17-20)36-3)21-8-12-23(13-9-21)38-22-10-5-19(6-11-22)18-27-28(32)31-30(34)39-27/h5-14,16-17,27H,4,15,18H2,1-3H3,(H,31,32,34)/b24-16+. The maximum atomic E-state index is 12.9. The van der Waals surface area contributed by atoms with Gasteiger partial charge in [-0.3, -0.25) is 14.9 Å². The molecule has 1 unspecified atom stereocenters. The van der Waals surface area contributed by atoms with Crippen molar-refractivity contribution in [2.75, 3.05) is 20.8 Å². The number of amides is 2. The Hall–Kier alpha value is -4.24. The Kier molecular flexibility index (Phi) is 9.27. The maximum absolute atomic E-state index is 12.9. The lowest BCUT2D eigenvalue weighted by Gasteiger charge is -2.12. The van der Waals surface area contributed by atoms with Crippen LogP contribution in [0.25, 0.3) is 11.6 Å². The average Bonchev–Trinajstić information content (AvgIpc) is 3.27. The molecule has 1 N–H and O–H groups in total. The molecule has 0 spiro atoms. The van der Waals surface area contributed by atoms with E-state index in [-0.39, 0.29) is 11.1 Å². The van der Waals surface area contributed by atoms with Crippen molar-refractivity contribution < 1.29 is 33.3 Å². The number of benzene rings is 3. The molecule has 3 aromatic rings. The smallest absolute Gasteiger partial charge is 0.338 e. The third kappa shape index (κ3) is 7.20. The Labute approximate surface area is 231 Å². The van der Waals surface area contributed by atoms with Gasteiger partial charge in [-0.1, -0.05) is 49.0 Å². The lowest BCUT2D eigenvalue weighted by atomic mass is 10.0. The van der Waals surface area contributed by atoms with Gasteiger partial charge in [-0.2, -0.15) is 0 Å². The van der Waals surface area contributed by atoms with Gasteiger partial charge in [0.25, 0.3) is 5.24 Å². The van der Waals surface area contributed by atoms with Crippen LogP contribution in [0.15, 0.2) is 66.7 Å². The minimum absolute atomic E-state index is 0.261. The Morgan fingerprint density at radius 3 is 2.18 bits per heavy atom. The minimum Gasteiger partial charge on any atom is -0.493 e. The molecule has 8 nitrogen and oxygen atoms in total. The Bertz CT molecular complexity index is 1370. The predicted molar refractivity (Wildman–Crippen MR) is 150 cm³/mol. The maximum Gasteiger partial charge on any atom is 0.338 e. The van der Waals surface area contributed by atoms with Crippen LogP contribution in [0, 0.1) is 0 Å². The second-order valence-electron chi connectivity index (χ2n) is 8.67. The number of nitrogens with one attached hydrogen (secondary N) is 1. The molecular formula is C30H29NO7S. The van der Waals surface area contributed by atoms with Crippen LogP contribution in [0.1, 0.15) is 30.0 Å². The highest BCUT2D eigenvalue weighted by Crippen LogP contribution is 2.31. The molecule has 1 saturated heterocycles. The van der Waals surface area contributed by atoms with Gasteiger partial charge in [0.15, 0.2) is 11.5 Å². The number of hydrogen-bond donors (Lipinski definition) is 1. The van der Waals surface area contributed by atoms with E-state index in [0.717, 1.165) is 22.9 Å². The number of carbonyl (C=O) groups excluding carboxylic acids is 3. The third-order valence-electron chi connectivity index (χ3n) is 5.89. The molecule has 0 radical (unpaired) electrons. The van der Waals surface area contributed by atoms with E-state index in [1.165, 1.54) is 0 Å². The summed E-state index contributed by atoms with van der Waals surface area (Å²) in [6.07, 6.45) is 2.93. The van der Waals surface area contributed by atoms with E-state index in [1.54, 1.807) is 56.7 Å². The summed E-state index contributed by atoms with van der Waals surface area (Å²) in [5.74, 6) is 1.68. The van der Waals surface area contributed by atoms with Gasteiger partial charge in [0.2, 0.25) is 5.91 Å². The molecule has 0 aromatic heterocycles. The van der Waals surface area contributed by atoms with Crippen molar-refractivity contribution in [1.29, 1.82) is 0 Å². The molecule has 0 saturated carbocycles. The second kappa shape index (κ2) is 13.0. The lowest BCUT2D eigenvalue weighted by molar-refractivity contribution is -0.136. The first kappa shape index (κ1) is 27.8. The Morgan fingerprint density at radius 2 is 1.59 bits per heavy atom. The molecule has 0 aliphatic carbocycles. The molecule has 1 atom stereocenters. The summed E-state index contributed by atoms with van der Waals surface area (Å²) >= 11 is 1.01. The zero-order valence-electron chi connectivity index (χ0n) is 21.9. The number of imide groups is 1. The number of esters is 1. The molecule has 202 valence electrons. The molecule has 1 aliphatic rings. The van der Waals surface area contributed by atoms with Gasteiger partial charge in [-0.25, -0.2) is 4.79 Å². The number of thioether (sulfide) groups is 1. The molecule has 3 aromatic carbocycles. The van der Waals surface area contributed by atoms with Crippen LogP contribution in [-0.2, 0) is 20.7 Å². The van der Waals surface area contributed by atoms with E-state index >= 15 is 0 Å². The Morgan fingerprint density at radius 1 is 0.923 bits per heavy atom. The fourth-order valence-electron chi connectivity index (χ4n) is 3.92. The monoisotopic (exact) mass is 547 g/mol. The van der Waals surface area contributed by atoms with E-state index in [9.17, 15) is 14.4 Å². The van der Waals surface area contributed by atoms with Gasteiger partial charge in [-0.05, 0) is 72.0 Å². The first-order valence-electron chi connectivity index (χ1n) is 12.4. The van der Waals surface area contributed by atoms with Crippen LogP contribution in [-0.4, -0.2) is 43.2 Å². The summed E-state index contributed by atoms with van der Waals surface area (Å²) in [4.78, 5) is 36.1. The summed E-state index contributed by atoms with van der Waals surface area (Å²) in [5, 5.41) is 1.57. The van der Waals surface area contributed by atoms with Crippen LogP contribution < -0.4 is 19.5 Å². The number of rotatable bonds is 11. The molecule has 1 aliphatic heterocycles. The number of ether oxygens (including phenoxy) is 4. The number of methoxy groups -OCH3 is 2. The van der Waals surface area contributed by atoms with Crippen LogP contribution in [0.4, 0.5) is 4.79 Å². The lowest BCUT2D eigenvalue weighted by Crippen LogP contribution is -2.25. The van der Waals surface area contributed by atoms with Gasteiger partial charge in [0, 0.05) is 0 Å². The van der Waals surface area contributed by atoms with Crippen molar-refractivity contribution in [3.63, 3.8) is 0 Å². The topological polar surface area (TPSA) is 100 Å². The van der Waals surface area contributed by atoms with E-state index in [4.69, 9.17) is 18.9 Å². The minimum atomic E-state index is -0.424. The number of carbonyl (C=O) groups is 3. The van der Waals surface area contributed by atoms with E-state index in [2.05, 4.69) is 5.32 Å². The second-order valence-corrected chi connectivity index (χ2v) is 9.84. The quantitative estimate of drug-likeness (QED) is 0.180. The van der Waals surface area contributed by atoms with Gasteiger partial charge in [0.05, 0.1) is 31.6 Å². The van der Waals surface area contributed by atoms with E-state index in [1.807, 2.05) is 37.3 Å².